The number of rotatable bonds is 17. The van der Waals surface area contributed by atoms with Gasteiger partial charge in [0.25, 0.3) is 0 Å². The van der Waals surface area contributed by atoms with E-state index in [0.717, 1.165) is 24.2 Å². The fourth-order valence-electron chi connectivity index (χ4n) is 3.89. The van der Waals surface area contributed by atoms with Crippen molar-refractivity contribution < 1.29 is 0 Å². The van der Waals surface area contributed by atoms with Crippen LogP contribution in [-0.2, 0) is 12.8 Å². The number of hydrogen-bond donors (Lipinski definition) is 0. The van der Waals surface area contributed by atoms with Crippen LogP contribution in [0.1, 0.15) is 115 Å². The normalized spacial score (nSPS) is 11.1. The molecule has 0 bridgehead atoms. The maximum atomic E-state index is 4.63. The maximum Gasteiger partial charge on any atom is 0.160 e. The Bertz CT molecular complexity index is 649. The van der Waals surface area contributed by atoms with E-state index in [1.165, 1.54) is 101 Å². The number of hydrogen-bond acceptors (Lipinski definition) is 3. The lowest BCUT2D eigenvalue weighted by Gasteiger charge is -2.05. The number of aryl methyl sites for hydroxylation is 2. The van der Waals surface area contributed by atoms with E-state index in [2.05, 4.69) is 40.9 Å². The van der Waals surface area contributed by atoms with Gasteiger partial charge in [0.1, 0.15) is 0 Å². The Morgan fingerprint density at radius 2 is 1.07 bits per heavy atom. The first-order chi connectivity index (χ1) is 14.8. The van der Waals surface area contributed by atoms with Crippen molar-refractivity contribution in [1.82, 2.24) is 15.0 Å². The van der Waals surface area contributed by atoms with Crippen molar-refractivity contribution in [2.24, 2.45) is 0 Å². The first-order valence-electron chi connectivity index (χ1n) is 12.6. The average molecular weight is 410 g/mol. The molecule has 0 aliphatic carbocycles. The minimum atomic E-state index is 0.785. The Morgan fingerprint density at radius 1 is 0.533 bits per heavy atom. The number of pyridine rings is 1. The van der Waals surface area contributed by atoms with Gasteiger partial charge in [-0.25, -0.2) is 9.97 Å². The van der Waals surface area contributed by atoms with E-state index < -0.39 is 0 Å². The molecule has 3 nitrogen and oxygen atoms in total. The van der Waals surface area contributed by atoms with Crippen LogP contribution in [0.4, 0.5) is 0 Å². The molecule has 2 rings (SSSR count). The summed E-state index contributed by atoms with van der Waals surface area (Å²) in [7, 11) is 0. The molecule has 0 fully saturated rings. The fourth-order valence-corrected chi connectivity index (χ4v) is 3.89. The molecular formula is C27H43N3. The van der Waals surface area contributed by atoms with Crippen LogP contribution in [0.3, 0.4) is 0 Å². The monoisotopic (exact) mass is 409 g/mol. The van der Waals surface area contributed by atoms with Crippen LogP contribution in [0.5, 0.6) is 0 Å². The molecule has 0 spiro atoms. The van der Waals surface area contributed by atoms with Gasteiger partial charge in [0.2, 0.25) is 0 Å². The highest BCUT2D eigenvalue weighted by molar-refractivity contribution is 5.53. The van der Waals surface area contributed by atoms with Crippen molar-refractivity contribution in [1.29, 1.82) is 0 Å². The summed E-state index contributed by atoms with van der Waals surface area (Å²) in [4.78, 5) is 13.8. The highest BCUT2D eigenvalue weighted by Crippen LogP contribution is 2.16. The van der Waals surface area contributed by atoms with Crippen LogP contribution in [-0.4, -0.2) is 15.0 Å². The van der Waals surface area contributed by atoms with Crippen LogP contribution < -0.4 is 0 Å². The Labute approximate surface area is 185 Å². The van der Waals surface area contributed by atoms with Crippen molar-refractivity contribution in [3.63, 3.8) is 0 Å². The third-order valence-corrected chi connectivity index (χ3v) is 5.89. The molecule has 0 saturated heterocycles. The summed E-state index contributed by atoms with van der Waals surface area (Å²) >= 11 is 0. The predicted molar refractivity (Wildman–Crippen MR) is 129 cm³/mol. The van der Waals surface area contributed by atoms with Gasteiger partial charge in [-0.15, -0.1) is 0 Å². The lowest BCUT2D eigenvalue weighted by molar-refractivity contribution is 0.575. The fraction of sp³-hybridized carbons (Fsp3) is 0.667. The van der Waals surface area contributed by atoms with E-state index in [4.69, 9.17) is 0 Å². The molecule has 2 aromatic rings. The van der Waals surface area contributed by atoms with Crippen LogP contribution in [0.15, 0.2) is 30.7 Å². The van der Waals surface area contributed by atoms with Crippen molar-refractivity contribution in [2.45, 2.75) is 117 Å². The van der Waals surface area contributed by atoms with Gasteiger partial charge in [-0.05, 0) is 43.4 Å². The largest absolute Gasteiger partial charge is 0.261 e. The van der Waals surface area contributed by atoms with Crippen LogP contribution >= 0.6 is 0 Å². The SMILES string of the molecule is CCCCCCCCCCc1cnc(-c2ccc(CCCCCCCC)nc2)nc1. The number of aromatic nitrogens is 3. The zero-order valence-electron chi connectivity index (χ0n) is 19.5. The number of unbranched alkanes of at least 4 members (excludes halogenated alkanes) is 12. The standard InChI is InChI=1S/C27H43N3/c1-3-5-7-9-11-12-13-15-17-24-21-29-27(30-22-24)25-19-20-26(28-23-25)18-16-14-10-8-6-4-2/h19-23H,3-18H2,1-2H3. The van der Waals surface area contributed by atoms with Gasteiger partial charge in [0, 0.05) is 29.8 Å². The van der Waals surface area contributed by atoms with E-state index in [9.17, 15) is 0 Å². The molecule has 166 valence electrons. The van der Waals surface area contributed by atoms with E-state index in [1.54, 1.807) is 0 Å². The molecule has 2 heterocycles. The van der Waals surface area contributed by atoms with Gasteiger partial charge < -0.3 is 0 Å². The van der Waals surface area contributed by atoms with Crippen molar-refractivity contribution in [2.75, 3.05) is 0 Å². The van der Waals surface area contributed by atoms with E-state index in [0.29, 0.717) is 0 Å². The van der Waals surface area contributed by atoms with Crippen molar-refractivity contribution in [3.8, 4) is 11.4 Å². The molecule has 3 heteroatoms. The molecule has 0 N–H and O–H groups in total. The quantitative estimate of drug-likeness (QED) is 0.248. The van der Waals surface area contributed by atoms with E-state index >= 15 is 0 Å². The summed E-state index contributed by atoms with van der Waals surface area (Å²) < 4.78 is 0. The lowest BCUT2D eigenvalue weighted by Crippen LogP contribution is -1.95. The number of nitrogens with zero attached hydrogens (tertiary/aromatic N) is 3. The Kier molecular flexibility index (Phi) is 13.1. The topological polar surface area (TPSA) is 38.7 Å². The molecule has 0 unspecified atom stereocenters. The minimum absolute atomic E-state index is 0.785. The first-order valence-corrected chi connectivity index (χ1v) is 12.6. The first kappa shape index (κ1) is 24.5. The molecule has 0 radical (unpaired) electrons. The third kappa shape index (κ3) is 10.3. The van der Waals surface area contributed by atoms with Gasteiger partial charge in [0.05, 0.1) is 0 Å². The Hall–Kier alpha value is -1.77. The van der Waals surface area contributed by atoms with Gasteiger partial charge >= 0.3 is 0 Å². The van der Waals surface area contributed by atoms with Gasteiger partial charge in [-0.1, -0.05) is 90.9 Å². The molecule has 0 amide bonds. The molecular weight excluding hydrogens is 366 g/mol. The van der Waals surface area contributed by atoms with Crippen LogP contribution in [0.2, 0.25) is 0 Å². The Morgan fingerprint density at radius 3 is 1.60 bits per heavy atom. The second-order valence-electron chi connectivity index (χ2n) is 8.70. The summed E-state index contributed by atoms with van der Waals surface area (Å²) in [6.07, 6.45) is 26.9. The Balaban J connectivity index is 1.65. The van der Waals surface area contributed by atoms with Crippen LogP contribution in [0.25, 0.3) is 11.4 Å². The van der Waals surface area contributed by atoms with Crippen molar-refractivity contribution in [3.05, 3.63) is 42.0 Å². The maximum absolute atomic E-state index is 4.63. The highest BCUT2D eigenvalue weighted by Gasteiger charge is 2.04. The van der Waals surface area contributed by atoms with Gasteiger partial charge in [0.15, 0.2) is 5.82 Å². The molecule has 0 saturated carbocycles. The zero-order valence-corrected chi connectivity index (χ0v) is 19.5. The summed E-state index contributed by atoms with van der Waals surface area (Å²) in [5.74, 6) is 0.785. The van der Waals surface area contributed by atoms with Crippen LogP contribution in [0, 0.1) is 0 Å². The smallest absolute Gasteiger partial charge is 0.160 e. The highest BCUT2D eigenvalue weighted by atomic mass is 14.9. The third-order valence-electron chi connectivity index (χ3n) is 5.89. The predicted octanol–water partition coefficient (Wildman–Crippen LogP) is 8.12. The van der Waals surface area contributed by atoms with E-state index in [-0.39, 0.29) is 0 Å². The average Bonchev–Trinajstić information content (AvgIpc) is 2.79. The lowest BCUT2D eigenvalue weighted by atomic mass is 10.1. The second kappa shape index (κ2) is 16.0. The molecule has 0 atom stereocenters. The van der Waals surface area contributed by atoms with Gasteiger partial charge in [-0.2, -0.15) is 0 Å². The molecule has 0 aliphatic rings. The second-order valence-corrected chi connectivity index (χ2v) is 8.70. The van der Waals surface area contributed by atoms with Gasteiger partial charge in [-0.3, -0.25) is 4.98 Å². The van der Waals surface area contributed by atoms with E-state index in [1.807, 2.05) is 18.6 Å². The summed E-state index contributed by atoms with van der Waals surface area (Å²) in [5.41, 5.74) is 3.44. The molecule has 0 aromatic carbocycles. The summed E-state index contributed by atoms with van der Waals surface area (Å²) in [6.45, 7) is 4.54. The zero-order chi connectivity index (χ0) is 21.3. The molecule has 2 aromatic heterocycles. The molecule has 0 aliphatic heterocycles. The van der Waals surface area contributed by atoms with Crippen molar-refractivity contribution >= 4 is 0 Å². The molecule has 30 heavy (non-hydrogen) atoms. The summed E-state index contributed by atoms with van der Waals surface area (Å²) in [5, 5.41) is 0. The summed E-state index contributed by atoms with van der Waals surface area (Å²) in [6, 6.07) is 4.26. The minimum Gasteiger partial charge on any atom is -0.261 e.